The minimum atomic E-state index is -3.01. The molecule has 9 heteroatoms. The van der Waals surface area contributed by atoms with Crippen molar-refractivity contribution >= 4 is 18.0 Å². The molecule has 188 valence electrons. The van der Waals surface area contributed by atoms with E-state index in [9.17, 15) is 23.2 Å². The average molecular weight is 489 g/mol. The number of alkyl halides is 2. The highest BCUT2D eigenvalue weighted by Gasteiger charge is 2.30. The molecular weight excluding hydrogens is 458 g/mol. The number of hydrogen-bond acceptors (Lipinski definition) is 4. The van der Waals surface area contributed by atoms with Crippen molar-refractivity contribution in [2.75, 3.05) is 6.61 Å². The lowest BCUT2D eigenvalue weighted by atomic mass is 9.98. The van der Waals surface area contributed by atoms with Crippen molar-refractivity contribution < 1.29 is 33.0 Å². The van der Waals surface area contributed by atoms with Crippen molar-refractivity contribution in [1.29, 1.82) is 0 Å². The number of benzene rings is 2. The Bertz CT molecular complexity index is 1000. The summed E-state index contributed by atoms with van der Waals surface area (Å²) in [5, 5.41) is 13.5. The lowest BCUT2D eigenvalue weighted by Gasteiger charge is -2.21. The number of ether oxygens (including phenoxy) is 1. The maximum absolute atomic E-state index is 13.1. The van der Waals surface area contributed by atoms with E-state index in [2.05, 4.69) is 10.6 Å². The van der Waals surface area contributed by atoms with Crippen LogP contribution in [0.3, 0.4) is 0 Å². The molecule has 0 fully saturated rings. The molecule has 1 unspecified atom stereocenters. The molecule has 7 nitrogen and oxygen atoms in total. The first-order valence-corrected chi connectivity index (χ1v) is 11.7. The molecule has 1 aliphatic carbocycles. The van der Waals surface area contributed by atoms with Crippen molar-refractivity contribution in [2.24, 2.45) is 0 Å². The fourth-order valence-electron chi connectivity index (χ4n) is 4.36. The van der Waals surface area contributed by atoms with Gasteiger partial charge in [0.25, 0.3) is 6.43 Å². The SMILES string of the molecule is CCCC[C@@H](CC(=O)NC(CC(=O)O)C(F)F)NC(=O)OCC1c2ccccc2-c2ccccc21. The molecule has 35 heavy (non-hydrogen) atoms. The van der Waals surface area contributed by atoms with Crippen LogP contribution in [0, 0.1) is 0 Å². The van der Waals surface area contributed by atoms with Crippen LogP contribution in [0.1, 0.15) is 56.1 Å². The van der Waals surface area contributed by atoms with Crippen molar-refractivity contribution in [3.8, 4) is 11.1 Å². The van der Waals surface area contributed by atoms with Gasteiger partial charge >= 0.3 is 12.1 Å². The summed E-state index contributed by atoms with van der Waals surface area (Å²) < 4.78 is 31.6. The first kappa shape index (κ1) is 26.1. The van der Waals surface area contributed by atoms with Gasteiger partial charge in [-0.3, -0.25) is 9.59 Å². The van der Waals surface area contributed by atoms with Crippen molar-refractivity contribution in [3.05, 3.63) is 59.7 Å². The second kappa shape index (κ2) is 12.3. The van der Waals surface area contributed by atoms with Crippen LogP contribution in [0.15, 0.2) is 48.5 Å². The van der Waals surface area contributed by atoms with Crippen LogP contribution in [0.5, 0.6) is 0 Å². The second-order valence-corrected chi connectivity index (χ2v) is 8.62. The van der Waals surface area contributed by atoms with E-state index in [1.807, 2.05) is 55.5 Å². The van der Waals surface area contributed by atoms with Crippen LogP contribution in [0.2, 0.25) is 0 Å². The van der Waals surface area contributed by atoms with Gasteiger partial charge in [-0.1, -0.05) is 68.3 Å². The monoisotopic (exact) mass is 488 g/mol. The van der Waals surface area contributed by atoms with Gasteiger partial charge in [-0.2, -0.15) is 0 Å². The molecule has 0 bridgehead atoms. The van der Waals surface area contributed by atoms with Crippen molar-refractivity contribution in [1.82, 2.24) is 10.6 Å². The largest absolute Gasteiger partial charge is 0.481 e. The molecule has 0 aliphatic heterocycles. The molecular formula is C26H30F2N2O5. The molecule has 2 amide bonds. The topological polar surface area (TPSA) is 105 Å². The molecule has 0 aromatic heterocycles. The Morgan fingerprint density at radius 3 is 2.11 bits per heavy atom. The van der Waals surface area contributed by atoms with Crippen LogP contribution in [0.4, 0.5) is 13.6 Å². The molecule has 1 aliphatic rings. The first-order chi connectivity index (χ1) is 16.8. The molecule has 0 radical (unpaired) electrons. The van der Waals surface area contributed by atoms with Gasteiger partial charge in [0, 0.05) is 18.4 Å². The molecule has 0 saturated heterocycles. The summed E-state index contributed by atoms with van der Waals surface area (Å²) in [4.78, 5) is 35.7. The lowest BCUT2D eigenvalue weighted by molar-refractivity contribution is -0.139. The molecule has 3 N–H and O–H groups in total. The molecule has 0 heterocycles. The minimum Gasteiger partial charge on any atom is -0.481 e. The summed E-state index contributed by atoms with van der Waals surface area (Å²) >= 11 is 0. The van der Waals surface area contributed by atoms with Crippen LogP contribution >= 0.6 is 0 Å². The number of unbranched alkanes of at least 4 members (excludes halogenated alkanes) is 1. The smallest absolute Gasteiger partial charge is 0.407 e. The van der Waals surface area contributed by atoms with E-state index >= 15 is 0 Å². The predicted octanol–water partition coefficient (Wildman–Crippen LogP) is 4.70. The fourth-order valence-corrected chi connectivity index (χ4v) is 4.36. The van der Waals surface area contributed by atoms with E-state index in [-0.39, 0.29) is 18.9 Å². The molecule has 2 aromatic carbocycles. The lowest BCUT2D eigenvalue weighted by Crippen LogP contribution is -2.45. The highest BCUT2D eigenvalue weighted by atomic mass is 19.3. The van der Waals surface area contributed by atoms with E-state index in [1.54, 1.807) is 0 Å². The van der Waals surface area contributed by atoms with Gasteiger partial charge in [0.2, 0.25) is 5.91 Å². The van der Waals surface area contributed by atoms with E-state index in [0.717, 1.165) is 28.7 Å². The summed E-state index contributed by atoms with van der Waals surface area (Å²) in [7, 11) is 0. The van der Waals surface area contributed by atoms with Crippen LogP contribution in [-0.4, -0.2) is 48.2 Å². The van der Waals surface area contributed by atoms with E-state index in [0.29, 0.717) is 12.8 Å². The Morgan fingerprint density at radius 1 is 0.971 bits per heavy atom. The summed E-state index contributed by atoms with van der Waals surface area (Å²) in [5.41, 5.74) is 4.34. The first-order valence-electron chi connectivity index (χ1n) is 11.7. The number of rotatable bonds is 12. The van der Waals surface area contributed by atoms with Crippen LogP contribution < -0.4 is 10.6 Å². The average Bonchev–Trinajstić information content (AvgIpc) is 3.14. The Kier molecular flexibility index (Phi) is 9.17. The maximum atomic E-state index is 13.1. The van der Waals surface area contributed by atoms with E-state index in [1.165, 1.54) is 0 Å². The molecule has 2 atom stereocenters. The van der Waals surface area contributed by atoms with E-state index < -0.39 is 42.9 Å². The maximum Gasteiger partial charge on any atom is 0.407 e. The number of fused-ring (bicyclic) bond motifs is 3. The van der Waals surface area contributed by atoms with Crippen molar-refractivity contribution in [3.63, 3.8) is 0 Å². The van der Waals surface area contributed by atoms with Gasteiger partial charge in [-0.25, -0.2) is 13.6 Å². The van der Waals surface area contributed by atoms with E-state index in [4.69, 9.17) is 9.84 Å². The number of carbonyl (C=O) groups is 3. The predicted molar refractivity (Wildman–Crippen MR) is 126 cm³/mol. The number of carboxylic acids is 1. The number of aliphatic carboxylic acids is 1. The highest BCUT2D eigenvalue weighted by Crippen LogP contribution is 2.44. The number of halogens is 2. The Hall–Kier alpha value is -3.49. The van der Waals surface area contributed by atoms with Gasteiger partial charge in [0.15, 0.2) is 0 Å². The van der Waals surface area contributed by atoms with Crippen LogP contribution in [-0.2, 0) is 14.3 Å². The number of amides is 2. The molecule has 0 spiro atoms. The minimum absolute atomic E-state index is 0.110. The number of hydrogen-bond donors (Lipinski definition) is 3. The summed E-state index contributed by atoms with van der Waals surface area (Å²) in [5.74, 6) is -2.31. The zero-order valence-corrected chi connectivity index (χ0v) is 19.5. The summed E-state index contributed by atoms with van der Waals surface area (Å²) in [6.07, 6.45) is -2.89. The van der Waals surface area contributed by atoms with Gasteiger partial charge in [0.1, 0.15) is 12.6 Å². The summed E-state index contributed by atoms with van der Waals surface area (Å²) in [6.45, 7) is 2.06. The summed E-state index contributed by atoms with van der Waals surface area (Å²) in [6, 6.07) is 13.5. The third kappa shape index (κ3) is 7.00. The highest BCUT2D eigenvalue weighted by molar-refractivity contribution is 5.80. The number of carboxylic acid groups (broad SMARTS) is 1. The number of nitrogens with one attached hydrogen (secondary N) is 2. The van der Waals surface area contributed by atoms with Gasteiger partial charge in [-0.05, 0) is 28.7 Å². The second-order valence-electron chi connectivity index (χ2n) is 8.62. The number of carbonyl (C=O) groups excluding carboxylic acids is 2. The van der Waals surface area contributed by atoms with Crippen molar-refractivity contribution in [2.45, 2.75) is 63.5 Å². The molecule has 0 saturated carbocycles. The Balaban J connectivity index is 1.60. The third-order valence-corrected chi connectivity index (χ3v) is 6.05. The van der Waals surface area contributed by atoms with Gasteiger partial charge in [-0.15, -0.1) is 0 Å². The normalized spacial score (nSPS) is 14.1. The number of alkyl carbamates (subject to hydrolysis) is 1. The van der Waals surface area contributed by atoms with Gasteiger partial charge in [0.05, 0.1) is 6.42 Å². The quantitative estimate of drug-likeness (QED) is 0.402. The third-order valence-electron chi connectivity index (χ3n) is 6.05. The molecule has 2 aromatic rings. The molecule has 3 rings (SSSR count). The fraction of sp³-hybridized carbons (Fsp3) is 0.423. The Labute approximate surface area is 202 Å². The van der Waals surface area contributed by atoms with Gasteiger partial charge < -0.3 is 20.5 Å². The Morgan fingerprint density at radius 2 is 1.57 bits per heavy atom. The van der Waals surface area contributed by atoms with Crippen LogP contribution in [0.25, 0.3) is 11.1 Å². The standard InChI is InChI=1S/C26H30F2N2O5/c1-2-3-8-16(13-23(31)30-22(25(27)28)14-24(32)33)29-26(34)35-15-21-19-11-6-4-9-17(19)18-10-5-7-12-20(18)21/h4-7,9-12,16,21-22,25H,2-3,8,13-15H2,1H3,(H,29,34)(H,30,31)(H,32,33)/t16-,22?/m0/s1. The zero-order valence-electron chi connectivity index (χ0n) is 19.5. The zero-order chi connectivity index (χ0) is 25.4.